The zero-order valence-electron chi connectivity index (χ0n) is 12.0. The molecule has 19 heavy (non-hydrogen) atoms. The van der Waals surface area contributed by atoms with Crippen molar-refractivity contribution in [3.8, 4) is 0 Å². The minimum atomic E-state index is 0.0233. The molecule has 1 amide bonds. The normalized spacial score (nSPS) is 10.7. The van der Waals surface area contributed by atoms with E-state index in [1.165, 1.54) is 0 Å². The minimum absolute atomic E-state index is 0.0233. The van der Waals surface area contributed by atoms with Gasteiger partial charge in [-0.1, -0.05) is 25.5 Å². The van der Waals surface area contributed by atoms with Gasteiger partial charge in [-0.25, -0.2) is 0 Å². The summed E-state index contributed by atoms with van der Waals surface area (Å²) in [5.74, 6) is 0.0233. The van der Waals surface area contributed by atoms with E-state index >= 15 is 0 Å². The lowest BCUT2D eigenvalue weighted by Crippen LogP contribution is -2.37. The number of nitrogens with one attached hydrogen (secondary N) is 1. The summed E-state index contributed by atoms with van der Waals surface area (Å²) in [7, 11) is 0. The Balaban J connectivity index is 2.47. The summed E-state index contributed by atoms with van der Waals surface area (Å²) in [5, 5.41) is 2.93. The van der Waals surface area contributed by atoms with Gasteiger partial charge in [-0.05, 0) is 37.6 Å². The third-order valence-corrected chi connectivity index (χ3v) is 2.94. The predicted molar refractivity (Wildman–Crippen MR) is 80.2 cm³/mol. The summed E-state index contributed by atoms with van der Waals surface area (Å²) < 4.78 is 0. The van der Waals surface area contributed by atoms with Crippen molar-refractivity contribution in [3.63, 3.8) is 0 Å². The summed E-state index contributed by atoms with van der Waals surface area (Å²) in [6.45, 7) is 6.84. The smallest absolute Gasteiger partial charge is 0.238 e. The SMILES string of the molecule is CCCCN(CCN)CC(=O)Nc1cccc(C)c1. The maximum Gasteiger partial charge on any atom is 0.238 e. The summed E-state index contributed by atoms with van der Waals surface area (Å²) in [4.78, 5) is 14.1. The van der Waals surface area contributed by atoms with Crippen molar-refractivity contribution in [1.82, 2.24) is 4.90 Å². The van der Waals surface area contributed by atoms with E-state index in [1.807, 2.05) is 31.2 Å². The van der Waals surface area contributed by atoms with E-state index in [9.17, 15) is 4.79 Å². The molecule has 0 fully saturated rings. The second kappa shape index (κ2) is 8.67. The van der Waals surface area contributed by atoms with Crippen LogP contribution in [0.25, 0.3) is 0 Å². The number of hydrogen-bond acceptors (Lipinski definition) is 3. The summed E-state index contributed by atoms with van der Waals surface area (Å²) in [6, 6.07) is 7.83. The van der Waals surface area contributed by atoms with Gasteiger partial charge in [0.15, 0.2) is 0 Å². The van der Waals surface area contributed by atoms with Crippen LogP contribution in [0.4, 0.5) is 5.69 Å². The Labute approximate surface area is 116 Å². The highest BCUT2D eigenvalue weighted by Crippen LogP contribution is 2.09. The summed E-state index contributed by atoms with van der Waals surface area (Å²) in [6.07, 6.45) is 2.22. The fourth-order valence-corrected chi connectivity index (χ4v) is 1.96. The van der Waals surface area contributed by atoms with Crippen molar-refractivity contribution in [2.24, 2.45) is 5.73 Å². The third-order valence-electron chi connectivity index (χ3n) is 2.94. The Morgan fingerprint density at radius 2 is 2.16 bits per heavy atom. The van der Waals surface area contributed by atoms with Crippen LogP contribution in [0.1, 0.15) is 25.3 Å². The molecule has 4 heteroatoms. The molecule has 0 atom stereocenters. The standard InChI is InChI=1S/C15H25N3O/c1-3-4-9-18(10-8-16)12-15(19)17-14-7-5-6-13(2)11-14/h5-7,11H,3-4,8-10,12,16H2,1-2H3,(H,17,19). The predicted octanol–water partition coefficient (Wildman–Crippen LogP) is 1.99. The average Bonchev–Trinajstić information content (AvgIpc) is 2.36. The lowest BCUT2D eigenvalue weighted by atomic mass is 10.2. The van der Waals surface area contributed by atoms with Gasteiger partial charge in [-0.15, -0.1) is 0 Å². The Kier molecular flexibility index (Phi) is 7.15. The van der Waals surface area contributed by atoms with Crippen molar-refractivity contribution in [1.29, 1.82) is 0 Å². The fourth-order valence-electron chi connectivity index (χ4n) is 1.96. The van der Waals surface area contributed by atoms with Gasteiger partial charge in [-0.2, -0.15) is 0 Å². The number of amides is 1. The van der Waals surface area contributed by atoms with Crippen LogP contribution in [-0.4, -0.2) is 37.0 Å². The molecule has 3 N–H and O–H groups in total. The molecule has 106 valence electrons. The molecule has 1 aromatic carbocycles. The number of carbonyl (C=O) groups is 1. The molecule has 0 radical (unpaired) electrons. The second-order valence-electron chi connectivity index (χ2n) is 4.84. The lowest BCUT2D eigenvalue weighted by Gasteiger charge is -2.20. The van der Waals surface area contributed by atoms with Gasteiger partial charge in [0.25, 0.3) is 0 Å². The first-order valence-electron chi connectivity index (χ1n) is 6.94. The molecule has 0 aliphatic rings. The zero-order valence-corrected chi connectivity index (χ0v) is 12.0. The average molecular weight is 263 g/mol. The van der Waals surface area contributed by atoms with Gasteiger partial charge in [-0.3, -0.25) is 9.69 Å². The number of carbonyl (C=O) groups excluding carboxylic acids is 1. The molecule has 0 saturated carbocycles. The van der Waals surface area contributed by atoms with Crippen LogP contribution in [0.5, 0.6) is 0 Å². The van der Waals surface area contributed by atoms with Gasteiger partial charge in [0.1, 0.15) is 0 Å². The van der Waals surface area contributed by atoms with Crippen LogP contribution in [0.15, 0.2) is 24.3 Å². The van der Waals surface area contributed by atoms with Gasteiger partial charge in [0.05, 0.1) is 6.54 Å². The topological polar surface area (TPSA) is 58.4 Å². The highest BCUT2D eigenvalue weighted by Gasteiger charge is 2.09. The van der Waals surface area contributed by atoms with Gasteiger partial charge in [0, 0.05) is 18.8 Å². The third kappa shape index (κ3) is 6.36. The van der Waals surface area contributed by atoms with Gasteiger partial charge >= 0.3 is 0 Å². The van der Waals surface area contributed by atoms with Crippen molar-refractivity contribution in [3.05, 3.63) is 29.8 Å². The van der Waals surface area contributed by atoms with Crippen LogP contribution in [0, 0.1) is 6.92 Å². The molecule has 1 aromatic rings. The van der Waals surface area contributed by atoms with Crippen molar-refractivity contribution >= 4 is 11.6 Å². The molecule has 0 aromatic heterocycles. The number of rotatable bonds is 8. The Morgan fingerprint density at radius 1 is 1.37 bits per heavy atom. The molecular formula is C15H25N3O. The van der Waals surface area contributed by atoms with E-state index in [0.29, 0.717) is 13.1 Å². The maximum atomic E-state index is 12.0. The molecular weight excluding hydrogens is 238 g/mol. The van der Waals surface area contributed by atoms with Gasteiger partial charge < -0.3 is 11.1 Å². The number of aryl methyl sites for hydroxylation is 1. The quantitative estimate of drug-likeness (QED) is 0.754. The molecule has 0 heterocycles. The number of hydrogen-bond donors (Lipinski definition) is 2. The van der Waals surface area contributed by atoms with Crippen LogP contribution >= 0.6 is 0 Å². The minimum Gasteiger partial charge on any atom is -0.329 e. The van der Waals surface area contributed by atoms with E-state index in [1.54, 1.807) is 0 Å². The number of anilines is 1. The van der Waals surface area contributed by atoms with E-state index in [-0.39, 0.29) is 5.91 Å². The molecule has 0 unspecified atom stereocenters. The van der Waals surface area contributed by atoms with Crippen LogP contribution in [0.2, 0.25) is 0 Å². The first kappa shape index (κ1) is 15.7. The van der Waals surface area contributed by atoms with E-state index in [2.05, 4.69) is 17.1 Å². The molecule has 0 saturated heterocycles. The number of nitrogens with two attached hydrogens (primary N) is 1. The maximum absolute atomic E-state index is 12.0. The van der Waals surface area contributed by atoms with Crippen molar-refractivity contribution in [2.45, 2.75) is 26.7 Å². The molecule has 0 aliphatic carbocycles. The monoisotopic (exact) mass is 263 g/mol. The van der Waals surface area contributed by atoms with E-state index in [0.717, 1.165) is 37.2 Å². The molecule has 4 nitrogen and oxygen atoms in total. The number of benzene rings is 1. The molecule has 1 rings (SSSR count). The lowest BCUT2D eigenvalue weighted by molar-refractivity contribution is -0.117. The zero-order chi connectivity index (χ0) is 14.1. The molecule has 0 aliphatic heterocycles. The molecule has 0 spiro atoms. The summed E-state index contributed by atoms with van der Waals surface area (Å²) >= 11 is 0. The summed E-state index contributed by atoms with van der Waals surface area (Å²) in [5.41, 5.74) is 7.57. The number of nitrogens with zero attached hydrogens (tertiary/aromatic N) is 1. The first-order chi connectivity index (χ1) is 9.15. The first-order valence-corrected chi connectivity index (χ1v) is 6.94. The molecule has 0 bridgehead atoms. The van der Waals surface area contributed by atoms with Crippen molar-refractivity contribution < 1.29 is 4.79 Å². The highest BCUT2D eigenvalue weighted by molar-refractivity contribution is 5.92. The van der Waals surface area contributed by atoms with Crippen molar-refractivity contribution in [2.75, 3.05) is 31.5 Å². The van der Waals surface area contributed by atoms with Crippen LogP contribution in [-0.2, 0) is 4.79 Å². The Bertz CT molecular complexity index is 393. The van der Waals surface area contributed by atoms with Crippen LogP contribution < -0.4 is 11.1 Å². The largest absolute Gasteiger partial charge is 0.329 e. The van der Waals surface area contributed by atoms with E-state index < -0.39 is 0 Å². The van der Waals surface area contributed by atoms with E-state index in [4.69, 9.17) is 5.73 Å². The Morgan fingerprint density at radius 3 is 2.79 bits per heavy atom. The Hall–Kier alpha value is -1.39. The fraction of sp³-hybridized carbons (Fsp3) is 0.533. The number of unbranched alkanes of at least 4 members (excludes halogenated alkanes) is 1. The van der Waals surface area contributed by atoms with Gasteiger partial charge in [0.2, 0.25) is 5.91 Å². The second-order valence-corrected chi connectivity index (χ2v) is 4.84. The highest BCUT2D eigenvalue weighted by atomic mass is 16.2. The van der Waals surface area contributed by atoms with Crippen LogP contribution in [0.3, 0.4) is 0 Å².